The third kappa shape index (κ3) is 7.62. The van der Waals surface area contributed by atoms with E-state index in [4.69, 9.17) is 0 Å². The zero-order chi connectivity index (χ0) is 15.4. The van der Waals surface area contributed by atoms with Gasteiger partial charge in [-0.05, 0) is 74.5 Å². The van der Waals surface area contributed by atoms with Crippen LogP contribution in [0.15, 0.2) is 0 Å². The summed E-state index contributed by atoms with van der Waals surface area (Å²) in [6.07, 6.45) is 2.80. The lowest BCUT2D eigenvalue weighted by Gasteiger charge is -2.41. The van der Waals surface area contributed by atoms with E-state index < -0.39 is 0 Å². The van der Waals surface area contributed by atoms with E-state index in [0.29, 0.717) is 11.1 Å². The molecule has 2 aliphatic rings. The maximum Gasteiger partial charge on any atom is 0.0126 e. The van der Waals surface area contributed by atoms with Crippen molar-refractivity contribution >= 4 is 0 Å². The number of likely N-dealkylation sites (N-methyl/N-ethyl adjacent to an activating group) is 1. The number of hydrogen-bond acceptors (Lipinski definition) is 3. The Hall–Kier alpha value is -0.120. The first-order chi connectivity index (χ1) is 9.10. The largest absolute Gasteiger partial charge is 0.304 e. The zero-order valence-corrected chi connectivity index (χ0v) is 15.0. The summed E-state index contributed by atoms with van der Waals surface area (Å²) < 4.78 is 0. The van der Waals surface area contributed by atoms with Crippen molar-refractivity contribution in [1.82, 2.24) is 14.7 Å². The summed E-state index contributed by atoms with van der Waals surface area (Å²) in [5, 5.41) is 0. The third-order valence-corrected chi connectivity index (χ3v) is 4.51. The molecule has 2 saturated heterocycles. The molecule has 0 N–H and O–H groups in total. The third-order valence-electron chi connectivity index (χ3n) is 4.51. The second-order valence-electron chi connectivity index (χ2n) is 8.33. The lowest BCUT2D eigenvalue weighted by molar-refractivity contribution is 0.0735. The van der Waals surface area contributed by atoms with Crippen molar-refractivity contribution < 1.29 is 0 Å². The van der Waals surface area contributed by atoms with Gasteiger partial charge in [0, 0.05) is 37.3 Å². The average Bonchev–Trinajstić information content (AvgIpc) is 2.82. The van der Waals surface area contributed by atoms with Gasteiger partial charge in [0.15, 0.2) is 0 Å². The van der Waals surface area contributed by atoms with Gasteiger partial charge in [0.2, 0.25) is 0 Å². The second kappa shape index (κ2) is 8.50. The molecular formula is C18H41N3. The van der Waals surface area contributed by atoms with Crippen molar-refractivity contribution in [3.63, 3.8) is 0 Å². The average molecular weight is 300 g/mol. The van der Waals surface area contributed by atoms with Crippen LogP contribution in [0.1, 0.15) is 61.8 Å². The van der Waals surface area contributed by atoms with Gasteiger partial charge >= 0.3 is 0 Å². The van der Waals surface area contributed by atoms with E-state index in [9.17, 15) is 0 Å². The molecule has 3 heteroatoms. The van der Waals surface area contributed by atoms with Crippen LogP contribution in [0.2, 0.25) is 0 Å². The highest BCUT2D eigenvalue weighted by atomic mass is 15.3. The van der Waals surface area contributed by atoms with Gasteiger partial charge < -0.3 is 4.90 Å². The quantitative estimate of drug-likeness (QED) is 0.677. The minimum absolute atomic E-state index is 0. The SMILES string of the molecule is C.CC(C)(C)N1CCCC1.CN1CCN(C(C)(C)C)CC1. The van der Waals surface area contributed by atoms with Gasteiger partial charge in [0.25, 0.3) is 0 Å². The van der Waals surface area contributed by atoms with E-state index in [2.05, 4.69) is 63.3 Å². The molecule has 2 heterocycles. The van der Waals surface area contributed by atoms with Crippen molar-refractivity contribution in [3.05, 3.63) is 0 Å². The summed E-state index contributed by atoms with van der Waals surface area (Å²) in [6, 6.07) is 0. The van der Waals surface area contributed by atoms with Crippen molar-refractivity contribution in [2.45, 2.75) is 72.9 Å². The van der Waals surface area contributed by atoms with Gasteiger partial charge in [-0.1, -0.05) is 7.43 Å². The van der Waals surface area contributed by atoms with E-state index in [1.54, 1.807) is 0 Å². The Morgan fingerprint density at radius 3 is 1.19 bits per heavy atom. The summed E-state index contributed by atoms with van der Waals surface area (Å²) in [7, 11) is 2.19. The van der Waals surface area contributed by atoms with Crippen molar-refractivity contribution in [3.8, 4) is 0 Å². The zero-order valence-electron chi connectivity index (χ0n) is 15.0. The van der Waals surface area contributed by atoms with Crippen LogP contribution in [0.4, 0.5) is 0 Å². The van der Waals surface area contributed by atoms with Gasteiger partial charge in [-0.3, -0.25) is 9.80 Å². The molecule has 2 aliphatic heterocycles. The molecule has 2 fully saturated rings. The van der Waals surface area contributed by atoms with Crippen LogP contribution in [0.5, 0.6) is 0 Å². The number of rotatable bonds is 0. The molecule has 0 atom stereocenters. The first-order valence-corrected chi connectivity index (χ1v) is 8.29. The van der Waals surface area contributed by atoms with Gasteiger partial charge in [0.1, 0.15) is 0 Å². The fraction of sp³-hybridized carbons (Fsp3) is 1.00. The lowest BCUT2D eigenvalue weighted by atomic mass is 10.1. The molecule has 0 spiro atoms. The second-order valence-corrected chi connectivity index (χ2v) is 8.33. The van der Waals surface area contributed by atoms with Crippen LogP contribution in [-0.2, 0) is 0 Å². The lowest BCUT2D eigenvalue weighted by Crippen LogP contribution is -2.52. The Morgan fingerprint density at radius 2 is 0.905 bits per heavy atom. The molecule has 0 bridgehead atoms. The first-order valence-electron chi connectivity index (χ1n) is 8.29. The highest BCUT2D eigenvalue weighted by molar-refractivity contribution is 4.81. The van der Waals surface area contributed by atoms with E-state index in [0.717, 1.165) is 0 Å². The highest BCUT2D eigenvalue weighted by Crippen LogP contribution is 2.19. The normalized spacial score (nSPS) is 22.4. The molecule has 0 aromatic heterocycles. The Labute approximate surface area is 134 Å². The molecule has 0 aromatic carbocycles. The Morgan fingerprint density at radius 1 is 0.571 bits per heavy atom. The molecule has 0 saturated carbocycles. The summed E-state index contributed by atoms with van der Waals surface area (Å²) in [5.74, 6) is 0. The number of likely N-dealkylation sites (tertiary alicyclic amines) is 1. The molecule has 0 aromatic rings. The molecule has 0 amide bonds. The monoisotopic (exact) mass is 299 g/mol. The minimum atomic E-state index is 0. The standard InChI is InChI=1S/C9H20N2.C8H17N.CH4/c1-9(2,3)11-7-5-10(4)6-8-11;1-8(2,3)9-6-4-5-7-9;/h5-8H2,1-4H3;4-7H2,1-3H3;1H4. The van der Waals surface area contributed by atoms with Crippen LogP contribution in [0.3, 0.4) is 0 Å². The molecule has 2 rings (SSSR count). The van der Waals surface area contributed by atoms with Crippen LogP contribution < -0.4 is 0 Å². The van der Waals surface area contributed by atoms with Crippen molar-refractivity contribution in [2.24, 2.45) is 0 Å². The van der Waals surface area contributed by atoms with Gasteiger partial charge in [-0.2, -0.15) is 0 Å². The molecule has 3 nitrogen and oxygen atoms in total. The molecule has 0 unspecified atom stereocenters. The fourth-order valence-corrected chi connectivity index (χ4v) is 2.87. The van der Waals surface area contributed by atoms with Gasteiger partial charge in [-0.25, -0.2) is 0 Å². The molecule has 0 aliphatic carbocycles. The molecule has 0 radical (unpaired) electrons. The number of nitrogens with zero attached hydrogens (tertiary/aromatic N) is 3. The summed E-state index contributed by atoms with van der Waals surface area (Å²) >= 11 is 0. The van der Waals surface area contributed by atoms with Gasteiger partial charge in [-0.15, -0.1) is 0 Å². The Bertz CT molecular complexity index is 261. The maximum absolute atomic E-state index is 2.55. The van der Waals surface area contributed by atoms with E-state index in [1.807, 2.05) is 0 Å². The molecule has 128 valence electrons. The molecule has 21 heavy (non-hydrogen) atoms. The predicted molar refractivity (Wildman–Crippen MR) is 96.1 cm³/mol. The van der Waals surface area contributed by atoms with E-state index in [1.165, 1.54) is 52.1 Å². The predicted octanol–water partition coefficient (Wildman–Crippen LogP) is 3.55. The Kier molecular flexibility index (Phi) is 8.45. The van der Waals surface area contributed by atoms with Crippen molar-refractivity contribution in [1.29, 1.82) is 0 Å². The van der Waals surface area contributed by atoms with Crippen molar-refractivity contribution in [2.75, 3.05) is 46.3 Å². The van der Waals surface area contributed by atoms with Gasteiger partial charge in [0.05, 0.1) is 0 Å². The number of hydrogen-bond donors (Lipinski definition) is 0. The van der Waals surface area contributed by atoms with E-state index in [-0.39, 0.29) is 7.43 Å². The molecular weight excluding hydrogens is 258 g/mol. The summed E-state index contributed by atoms with van der Waals surface area (Å²) in [5.41, 5.74) is 0.776. The summed E-state index contributed by atoms with van der Waals surface area (Å²) in [4.78, 5) is 7.49. The van der Waals surface area contributed by atoms with Crippen LogP contribution in [0, 0.1) is 0 Å². The first kappa shape index (κ1) is 20.9. The number of piperazine rings is 1. The fourth-order valence-electron chi connectivity index (χ4n) is 2.87. The smallest absolute Gasteiger partial charge is 0.0126 e. The minimum Gasteiger partial charge on any atom is -0.304 e. The van der Waals surface area contributed by atoms with Crippen LogP contribution >= 0.6 is 0 Å². The van der Waals surface area contributed by atoms with E-state index >= 15 is 0 Å². The Balaban J connectivity index is 0.000000370. The topological polar surface area (TPSA) is 9.72 Å². The maximum atomic E-state index is 2.55. The highest BCUT2D eigenvalue weighted by Gasteiger charge is 2.24. The van der Waals surface area contributed by atoms with Crippen LogP contribution in [-0.4, -0.2) is 72.1 Å². The summed E-state index contributed by atoms with van der Waals surface area (Å²) in [6.45, 7) is 21.2. The van der Waals surface area contributed by atoms with Crippen LogP contribution in [0.25, 0.3) is 0 Å².